The van der Waals surface area contributed by atoms with Crippen molar-refractivity contribution >= 4 is 23.3 Å². The van der Waals surface area contributed by atoms with Crippen LogP contribution in [0, 0.1) is 5.82 Å². The van der Waals surface area contributed by atoms with Gasteiger partial charge < -0.3 is 5.73 Å². The van der Waals surface area contributed by atoms with Crippen LogP contribution in [0.3, 0.4) is 0 Å². The maximum atomic E-state index is 12.6. The summed E-state index contributed by atoms with van der Waals surface area (Å²) in [6, 6.07) is 3.18. The number of hydrogen-bond donors (Lipinski definition) is 3. The van der Waals surface area contributed by atoms with Crippen LogP contribution in [0.1, 0.15) is 0 Å². The van der Waals surface area contributed by atoms with Crippen LogP contribution >= 0.6 is 11.6 Å². The Morgan fingerprint density at radius 3 is 2.77 bits per heavy atom. The number of hydrogen-bond acceptors (Lipinski definition) is 2. The van der Waals surface area contributed by atoms with E-state index in [1.807, 2.05) is 0 Å². The van der Waals surface area contributed by atoms with E-state index in [9.17, 15) is 9.18 Å². The fourth-order valence-corrected chi connectivity index (χ4v) is 0.888. The van der Waals surface area contributed by atoms with E-state index in [1.165, 1.54) is 18.2 Å². The van der Waals surface area contributed by atoms with Crippen molar-refractivity contribution in [2.24, 2.45) is 5.73 Å². The Bertz CT molecular complexity index is 332. The monoisotopic (exact) mass is 203 g/mol. The lowest BCUT2D eigenvalue weighted by atomic mass is 10.3. The highest BCUT2D eigenvalue weighted by molar-refractivity contribution is 6.31. The van der Waals surface area contributed by atoms with Gasteiger partial charge in [-0.15, -0.1) is 0 Å². The molecule has 0 saturated carbocycles. The first kappa shape index (κ1) is 9.60. The zero-order chi connectivity index (χ0) is 9.84. The van der Waals surface area contributed by atoms with Crippen molar-refractivity contribution in [1.29, 1.82) is 0 Å². The van der Waals surface area contributed by atoms with E-state index in [1.54, 1.807) is 0 Å². The van der Waals surface area contributed by atoms with Gasteiger partial charge in [0.05, 0.1) is 10.7 Å². The summed E-state index contributed by atoms with van der Waals surface area (Å²) in [5.74, 6) is -0.522. The molecule has 0 radical (unpaired) electrons. The van der Waals surface area contributed by atoms with Crippen LogP contribution in [0.15, 0.2) is 18.2 Å². The summed E-state index contributed by atoms with van der Waals surface area (Å²) in [6.45, 7) is 0. The number of nitrogens with two attached hydrogens (primary N) is 1. The molecule has 4 nitrogen and oxygen atoms in total. The van der Waals surface area contributed by atoms with E-state index in [0.717, 1.165) is 0 Å². The number of halogens is 2. The lowest BCUT2D eigenvalue weighted by Crippen LogP contribution is -2.34. The molecule has 70 valence electrons. The summed E-state index contributed by atoms with van der Waals surface area (Å²) >= 11 is 5.47. The highest BCUT2D eigenvalue weighted by Crippen LogP contribution is 2.18. The first-order chi connectivity index (χ1) is 6.09. The molecule has 2 amide bonds. The summed E-state index contributed by atoms with van der Waals surface area (Å²) < 4.78 is 12.6. The average molecular weight is 204 g/mol. The highest BCUT2D eigenvalue weighted by Gasteiger charge is 2.00. The first-order valence-electron chi connectivity index (χ1n) is 3.36. The average Bonchev–Trinajstić information content (AvgIpc) is 2.07. The molecule has 4 N–H and O–H groups in total. The van der Waals surface area contributed by atoms with Gasteiger partial charge in [0, 0.05) is 0 Å². The minimum absolute atomic E-state index is 0.0312. The number of carbonyl (C=O) groups is 1. The molecule has 0 saturated heterocycles. The van der Waals surface area contributed by atoms with Gasteiger partial charge in [-0.3, -0.25) is 10.9 Å². The zero-order valence-corrected chi connectivity index (χ0v) is 7.23. The molecule has 0 aliphatic carbocycles. The SMILES string of the molecule is NC(=O)NNc1ccc(F)c(Cl)c1. The van der Waals surface area contributed by atoms with Gasteiger partial charge >= 0.3 is 6.03 Å². The Balaban J connectivity index is 2.68. The largest absolute Gasteiger partial charge is 0.350 e. The molecule has 1 aromatic rings. The number of carbonyl (C=O) groups excluding carboxylic acids is 1. The molecular weight excluding hydrogens is 197 g/mol. The molecule has 13 heavy (non-hydrogen) atoms. The summed E-state index contributed by atoms with van der Waals surface area (Å²) in [7, 11) is 0. The number of anilines is 1. The van der Waals surface area contributed by atoms with Gasteiger partial charge in [-0.05, 0) is 18.2 Å². The van der Waals surface area contributed by atoms with Gasteiger partial charge in [0.25, 0.3) is 0 Å². The van der Waals surface area contributed by atoms with Crippen molar-refractivity contribution in [3.63, 3.8) is 0 Å². The molecule has 1 rings (SSSR count). The topological polar surface area (TPSA) is 67.2 Å². The van der Waals surface area contributed by atoms with Gasteiger partial charge in [-0.25, -0.2) is 9.18 Å². The minimum Gasteiger partial charge on any atom is -0.350 e. The smallest absolute Gasteiger partial charge is 0.330 e. The second kappa shape index (κ2) is 3.95. The number of benzene rings is 1. The second-order valence-corrected chi connectivity index (χ2v) is 2.65. The van der Waals surface area contributed by atoms with E-state index in [0.29, 0.717) is 5.69 Å². The Labute approximate surface area is 78.8 Å². The second-order valence-electron chi connectivity index (χ2n) is 2.24. The van der Waals surface area contributed by atoms with Gasteiger partial charge in [0.1, 0.15) is 5.82 Å². The third-order valence-electron chi connectivity index (χ3n) is 1.25. The van der Waals surface area contributed by atoms with E-state index in [-0.39, 0.29) is 5.02 Å². The van der Waals surface area contributed by atoms with Gasteiger partial charge in [0.15, 0.2) is 0 Å². The molecule has 0 unspecified atom stereocenters. The molecule has 0 atom stereocenters. The molecule has 0 bridgehead atoms. The Hall–Kier alpha value is -1.49. The predicted molar refractivity (Wildman–Crippen MR) is 47.8 cm³/mol. The predicted octanol–water partition coefficient (Wildman–Crippen LogP) is 1.47. The van der Waals surface area contributed by atoms with Crippen LogP contribution in [0.4, 0.5) is 14.9 Å². The van der Waals surface area contributed by atoms with Crippen LogP contribution in [-0.4, -0.2) is 6.03 Å². The first-order valence-corrected chi connectivity index (χ1v) is 3.74. The third-order valence-corrected chi connectivity index (χ3v) is 1.54. The van der Waals surface area contributed by atoms with Gasteiger partial charge in [0.2, 0.25) is 0 Å². The molecule has 1 aromatic carbocycles. The number of amides is 2. The molecule has 6 heteroatoms. The maximum absolute atomic E-state index is 12.6. The van der Waals surface area contributed by atoms with Crippen molar-refractivity contribution in [2.45, 2.75) is 0 Å². The molecule has 0 aliphatic heterocycles. The Morgan fingerprint density at radius 2 is 2.23 bits per heavy atom. The van der Waals surface area contributed by atoms with Crippen LogP contribution in [-0.2, 0) is 0 Å². The normalized spacial score (nSPS) is 9.38. The summed E-state index contributed by atoms with van der Waals surface area (Å²) in [5.41, 5.74) is 9.79. The molecule has 0 aliphatic rings. The number of hydrazine groups is 1. The third kappa shape index (κ3) is 2.79. The summed E-state index contributed by atoms with van der Waals surface area (Å²) in [6.07, 6.45) is 0. The van der Waals surface area contributed by atoms with Crippen LogP contribution in [0.25, 0.3) is 0 Å². The molecule has 0 spiro atoms. The van der Waals surface area contributed by atoms with E-state index in [2.05, 4.69) is 10.9 Å². The molecule has 0 aromatic heterocycles. The number of nitrogens with one attached hydrogen (secondary N) is 2. The number of primary amides is 1. The van der Waals surface area contributed by atoms with E-state index in [4.69, 9.17) is 17.3 Å². The molecular formula is C7H7ClFN3O. The lowest BCUT2D eigenvalue weighted by molar-refractivity contribution is 0.250. The maximum Gasteiger partial charge on any atom is 0.330 e. The molecule has 0 heterocycles. The lowest BCUT2D eigenvalue weighted by Gasteiger charge is -2.05. The van der Waals surface area contributed by atoms with Crippen LogP contribution in [0.2, 0.25) is 5.02 Å². The zero-order valence-electron chi connectivity index (χ0n) is 6.47. The summed E-state index contributed by atoms with van der Waals surface area (Å²) in [4.78, 5) is 10.3. The Kier molecular flexibility index (Phi) is 2.92. The highest BCUT2D eigenvalue weighted by atomic mass is 35.5. The van der Waals surface area contributed by atoms with E-state index >= 15 is 0 Å². The van der Waals surface area contributed by atoms with Crippen molar-refractivity contribution in [1.82, 2.24) is 5.43 Å². The van der Waals surface area contributed by atoms with Crippen LogP contribution < -0.4 is 16.6 Å². The van der Waals surface area contributed by atoms with Crippen molar-refractivity contribution in [3.8, 4) is 0 Å². The van der Waals surface area contributed by atoms with Crippen molar-refractivity contribution < 1.29 is 9.18 Å². The van der Waals surface area contributed by atoms with Crippen molar-refractivity contribution in [3.05, 3.63) is 29.0 Å². The van der Waals surface area contributed by atoms with Gasteiger partial charge in [-0.2, -0.15) is 0 Å². The fourth-order valence-electron chi connectivity index (χ4n) is 0.708. The van der Waals surface area contributed by atoms with E-state index < -0.39 is 11.8 Å². The Morgan fingerprint density at radius 1 is 1.54 bits per heavy atom. The standard InChI is InChI=1S/C7H7ClFN3O/c8-5-3-4(1-2-6(5)9)11-12-7(10)13/h1-3,11H,(H3,10,12,13). The van der Waals surface area contributed by atoms with Crippen molar-refractivity contribution in [2.75, 3.05) is 5.43 Å². The molecule has 0 fully saturated rings. The van der Waals surface area contributed by atoms with Gasteiger partial charge in [-0.1, -0.05) is 11.6 Å². The number of urea groups is 1. The fraction of sp³-hybridized carbons (Fsp3) is 0. The minimum atomic E-state index is -0.736. The summed E-state index contributed by atoms with van der Waals surface area (Å²) in [5, 5.41) is -0.0312. The number of rotatable bonds is 2. The van der Waals surface area contributed by atoms with Crippen LogP contribution in [0.5, 0.6) is 0 Å². The quantitative estimate of drug-likeness (QED) is 0.638.